The third-order valence-electron chi connectivity index (χ3n) is 2.12. The molecular formula is C12H13BFN5O2. The predicted molar refractivity (Wildman–Crippen MR) is 70.5 cm³/mol. The Morgan fingerprint density at radius 1 is 1.48 bits per heavy atom. The molecule has 0 aliphatic rings. The van der Waals surface area contributed by atoms with E-state index in [1.807, 2.05) is 34.9 Å². The second-order valence-electron chi connectivity index (χ2n) is 3.84. The molecule has 0 unspecified atom stereocenters. The molecule has 1 aromatic rings. The van der Waals surface area contributed by atoms with E-state index in [1.165, 1.54) is 0 Å². The fourth-order valence-electron chi connectivity index (χ4n) is 1.03. The molecular weight excluding hydrogens is 276 g/mol. The molecule has 1 heterocycles. The normalized spacial score (nSPS) is 9.10. The van der Waals surface area contributed by atoms with Gasteiger partial charge in [-0.2, -0.15) is 0 Å². The molecule has 0 aliphatic carbocycles. The van der Waals surface area contributed by atoms with Gasteiger partial charge < -0.3 is 9.05 Å². The number of aryl methyl sites for hydroxylation is 1. The molecule has 1 rings (SSSR count). The Bertz CT molecular complexity index is 587. The molecule has 0 saturated carbocycles. The summed E-state index contributed by atoms with van der Waals surface area (Å²) >= 11 is 0. The standard InChI is InChI=1S/C9H13N2O2.C3BFN3/c1-3-9(12)13-7-6-11-5-4-10(2)8-11;5-4(1-6,2-7)3-8/h3-5,8H,1,6-7H2,2H3;/q+1;-1. The summed E-state index contributed by atoms with van der Waals surface area (Å²) in [6.45, 7) is 4.35. The van der Waals surface area contributed by atoms with Crippen molar-refractivity contribution in [2.45, 2.75) is 6.54 Å². The van der Waals surface area contributed by atoms with Gasteiger partial charge in [0.2, 0.25) is 6.33 Å². The topological polar surface area (TPSA) is 106 Å². The minimum absolute atomic E-state index is 0.375. The van der Waals surface area contributed by atoms with E-state index in [-0.39, 0.29) is 5.97 Å². The van der Waals surface area contributed by atoms with Crippen LogP contribution in [0.15, 0.2) is 31.4 Å². The highest BCUT2D eigenvalue weighted by Crippen LogP contribution is 1.96. The van der Waals surface area contributed by atoms with Gasteiger partial charge in [-0.1, -0.05) is 24.5 Å². The van der Waals surface area contributed by atoms with Crippen LogP contribution in [0.2, 0.25) is 0 Å². The van der Waals surface area contributed by atoms with E-state index >= 15 is 0 Å². The van der Waals surface area contributed by atoms with Crippen molar-refractivity contribution < 1.29 is 18.4 Å². The molecule has 0 radical (unpaired) electrons. The Morgan fingerprint density at radius 2 is 2.05 bits per heavy atom. The van der Waals surface area contributed by atoms with Crippen LogP contribution >= 0.6 is 0 Å². The van der Waals surface area contributed by atoms with Gasteiger partial charge in [-0.3, -0.25) is 0 Å². The van der Waals surface area contributed by atoms with Gasteiger partial charge >= 0.3 is 12.4 Å². The van der Waals surface area contributed by atoms with Crippen molar-refractivity contribution in [2.24, 2.45) is 7.05 Å². The van der Waals surface area contributed by atoms with E-state index in [0.29, 0.717) is 13.2 Å². The number of carbonyl (C=O) groups is 1. The highest BCUT2D eigenvalue weighted by atomic mass is 19.1. The van der Waals surface area contributed by atoms with E-state index in [0.717, 1.165) is 24.0 Å². The first-order chi connectivity index (χ1) is 9.90. The number of esters is 1. The van der Waals surface area contributed by atoms with Crippen molar-refractivity contribution in [3.63, 3.8) is 0 Å². The third kappa shape index (κ3) is 7.14. The monoisotopic (exact) mass is 289 g/mol. The van der Waals surface area contributed by atoms with E-state index in [9.17, 15) is 9.11 Å². The van der Waals surface area contributed by atoms with E-state index in [2.05, 4.69) is 6.58 Å². The van der Waals surface area contributed by atoms with Gasteiger partial charge in [-0.25, -0.2) is 29.7 Å². The highest BCUT2D eigenvalue weighted by molar-refractivity contribution is 6.93. The lowest BCUT2D eigenvalue weighted by Crippen LogP contribution is -2.24. The molecule has 0 N–H and O–H groups in total. The number of hydrogen-bond donors (Lipinski definition) is 0. The number of aromatic nitrogens is 2. The number of hydrogen-bond acceptors (Lipinski definition) is 5. The molecule has 108 valence electrons. The molecule has 0 atom stereocenters. The molecule has 0 amide bonds. The number of imidazole rings is 1. The molecule has 1 aromatic heterocycles. The summed E-state index contributed by atoms with van der Waals surface area (Å²) in [6.07, 6.45) is 3.38. The van der Waals surface area contributed by atoms with Crippen molar-refractivity contribution in [3.05, 3.63) is 31.4 Å². The van der Waals surface area contributed by atoms with Gasteiger partial charge in [0.05, 0.1) is 7.05 Å². The van der Waals surface area contributed by atoms with Crippen molar-refractivity contribution >= 4 is 12.4 Å². The van der Waals surface area contributed by atoms with Crippen LogP contribution in [-0.4, -0.2) is 23.6 Å². The maximum absolute atomic E-state index is 12.0. The molecule has 0 spiro atoms. The van der Waals surface area contributed by atoms with Gasteiger partial charge in [-0.05, 0) is 0 Å². The third-order valence-corrected chi connectivity index (χ3v) is 2.12. The first-order valence-corrected chi connectivity index (χ1v) is 5.78. The zero-order valence-electron chi connectivity index (χ0n) is 11.4. The molecule has 0 bridgehead atoms. The van der Waals surface area contributed by atoms with Crippen molar-refractivity contribution in [1.82, 2.24) is 4.57 Å². The maximum atomic E-state index is 12.0. The lowest BCUT2D eigenvalue weighted by atomic mass is 9.48. The zero-order valence-corrected chi connectivity index (χ0v) is 11.4. The van der Waals surface area contributed by atoms with E-state index in [1.54, 1.807) is 0 Å². The minimum atomic E-state index is -3.54. The van der Waals surface area contributed by atoms with Crippen LogP contribution in [0.3, 0.4) is 0 Å². The first-order valence-electron chi connectivity index (χ1n) is 5.78. The molecule has 9 heteroatoms. The van der Waals surface area contributed by atoms with E-state index < -0.39 is 6.42 Å². The quantitative estimate of drug-likeness (QED) is 0.339. The van der Waals surface area contributed by atoms with Gasteiger partial charge in [0, 0.05) is 6.08 Å². The number of nitriles is 3. The Morgan fingerprint density at radius 3 is 2.38 bits per heavy atom. The number of rotatable bonds is 4. The summed E-state index contributed by atoms with van der Waals surface area (Å²) < 4.78 is 20.6. The number of ether oxygens (including phenoxy) is 1. The largest absolute Gasteiger partial charge is 0.468 e. The average Bonchev–Trinajstić information content (AvgIpc) is 2.92. The second-order valence-corrected chi connectivity index (χ2v) is 3.84. The van der Waals surface area contributed by atoms with Crippen LogP contribution in [0.25, 0.3) is 0 Å². The van der Waals surface area contributed by atoms with Gasteiger partial charge in [0.25, 0.3) is 0 Å². The van der Waals surface area contributed by atoms with Crippen LogP contribution in [0.4, 0.5) is 4.32 Å². The van der Waals surface area contributed by atoms with Gasteiger partial charge in [0.15, 0.2) is 0 Å². The lowest BCUT2D eigenvalue weighted by molar-refractivity contribution is -0.671. The summed E-state index contributed by atoms with van der Waals surface area (Å²) in [5.41, 5.74) is 0. The number of nitrogens with zero attached hydrogens (tertiary/aromatic N) is 5. The maximum Gasteiger partial charge on any atom is 0.436 e. The Balaban J connectivity index is 0.000000433. The molecule has 0 aliphatic heterocycles. The summed E-state index contributed by atoms with van der Waals surface area (Å²) in [5, 5.41) is 23.2. The lowest BCUT2D eigenvalue weighted by Gasteiger charge is -1.98. The summed E-state index contributed by atoms with van der Waals surface area (Å²) in [4.78, 5) is 10.7. The minimum Gasteiger partial charge on any atom is -0.468 e. The van der Waals surface area contributed by atoms with Crippen LogP contribution in [0.5, 0.6) is 0 Å². The fourth-order valence-corrected chi connectivity index (χ4v) is 1.03. The van der Waals surface area contributed by atoms with Crippen molar-refractivity contribution in [2.75, 3.05) is 6.61 Å². The molecule has 7 nitrogen and oxygen atoms in total. The second kappa shape index (κ2) is 8.90. The summed E-state index contributed by atoms with van der Waals surface area (Å²) in [5.74, 6) is 2.48. The predicted octanol–water partition coefficient (Wildman–Crippen LogP) is 0.132. The summed E-state index contributed by atoms with van der Waals surface area (Å²) in [7, 11) is 1.94. The van der Waals surface area contributed by atoms with Crippen LogP contribution in [0, 0.1) is 33.7 Å². The smallest absolute Gasteiger partial charge is 0.436 e. The van der Waals surface area contributed by atoms with Crippen molar-refractivity contribution in [3.8, 4) is 17.9 Å². The molecule has 21 heavy (non-hydrogen) atoms. The molecule has 0 saturated heterocycles. The summed E-state index contributed by atoms with van der Waals surface area (Å²) in [6, 6.07) is 0. The van der Waals surface area contributed by atoms with Gasteiger partial charge in [-0.15, -0.1) is 0 Å². The van der Waals surface area contributed by atoms with Crippen LogP contribution in [-0.2, 0) is 23.1 Å². The van der Waals surface area contributed by atoms with Crippen LogP contribution in [0.1, 0.15) is 0 Å². The highest BCUT2D eigenvalue weighted by Gasteiger charge is 2.21. The van der Waals surface area contributed by atoms with Crippen LogP contribution < -0.4 is 4.57 Å². The Kier molecular flexibility index (Phi) is 7.58. The van der Waals surface area contributed by atoms with E-state index in [4.69, 9.17) is 20.5 Å². The number of carbonyl (C=O) groups excluding carboxylic acids is 1. The first kappa shape index (κ1) is 17.9. The van der Waals surface area contributed by atoms with Crippen molar-refractivity contribution in [1.29, 1.82) is 15.8 Å². The Labute approximate surface area is 121 Å². The zero-order chi connectivity index (χ0) is 16.3. The number of halogens is 1. The molecule has 0 aromatic carbocycles. The fraction of sp³-hybridized carbons (Fsp3) is 0.250. The SMILES string of the molecule is C=CC(=O)OCCn1cc[n+](C)c1.N#C[B-](F)(C#N)C#N. The Hall–Kier alpha value is -3.12. The van der Waals surface area contributed by atoms with Gasteiger partial charge in [0.1, 0.15) is 25.5 Å². The average molecular weight is 289 g/mol. The molecule has 0 fully saturated rings.